The summed E-state index contributed by atoms with van der Waals surface area (Å²) in [5, 5.41) is 6.52. The SMILES string of the molecule is CNC(c1ccc(OC)c(OC)c1)c1nc(C(C)C)cs1. The number of nitrogens with one attached hydrogen (secondary N) is 1. The molecule has 2 rings (SSSR count). The quantitative estimate of drug-likeness (QED) is 0.885. The third-order valence-corrected chi connectivity index (χ3v) is 4.34. The summed E-state index contributed by atoms with van der Waals surface area (Å²) in [7, 11) is 5.23. The van der Waals surface area contributed by atoms with Crippen LogP contribution >= 0.6 is 11.3 Å². The van der Waals surface area contributed by atoms with Crippen LogP contribution in [0.2, 0.25) is 0 Å². The predicted molar refractivity (Wildman–Crippen MR) is 86.7 cm³/mol. The smallest absolute Gasteiger partial charge is 0.161 e. The molecule has 0 aliphatic heterocycles. The Labute approximate surface area is 130 Å². The van der Waals surface area contributed by atoms with E-state index in [1.165, 1.54) is 0 Å². The number of methoxy groups -OCH3 is 2. The van der Waals surface area contributed by atoms with Crippen LogP contribution in [0.4, 0.5) is 0 Å². The molecule has 0 bridgehead atoms. The zero-order valence-electron chi connectivity index (χ0n) is 13.1. The molecular weight excluding hydrogens is 284 g/mol. The summed E-state index contributed by atoms with van der Waals surface area (Å²) in [6.45, 7) is 4.31. The number of hydrogen-bond acceptors (Lipinski definition) is 5. The van der Waals surface area contributed by atoms with E-state index in [0.717, 1.165) is 27.8 Å². The van der Waals surface area contributed by atoms with Crippen LogP contribution in [0.15, 0.2) is 23.6 Å². The van der Waals surface area contributed by atoms with Gasteiger partial charge in [-0.15, -0.1) is 11.3 Å². The second-order valence-electron chi connectivity index (χ2n) is 5.10. The van der Waals surface area contributed by atoms with E-state index in [2.05, 4.69) is 24.5 Å². The minimum atomic E-state index is 0.0577. The van der Waals surface area contributed by atoms with Gasteiger partial charge in [0.15, 0.2) is 11.5 Å². The molecule has 0 aliphatic carbocycles. The molecule has 114 valence electrons. The number of nitrogens with zero attached hydrogens (tertiary/aromatic N) is 1. The average molecular weight is 306 g/mol. The van der Waals surface area contributed by atoms with Gasteiger partial charge in [0.05, 0.1) is 26.0 Å². The molecule has 0 spiro atoms. The van der Waals surface area contributed by atoms with Crippen molar-refractivity contribution >= 4 is 11.3 Å². The van der Waals surface area contributed by atoms with E-state index in [-0.39, 0.29) is 6.04 Å². The number of rotatable bonds is 6. The first-order chi connectivity index (χ1) is 10.1. The van der Waals surface area contributed by atoms with Crippen LogP contribution in [0.25, 0.3) is 0 Å². The van der Waals surface area contributed by atoms with Crippen molar-refractivity contribution in [3.63, 3.8) is 0 Å². The summed E-state index contributed by atoms with van der Waals surface area (Å²) in [5.74, 6) is 1.91. The van der Waals surface area contributed by atoms with Crippen molar-refractivity contribution in [1.82, 2.24) is 10.3 Å². The molecule has 1 atom stereocenters. The van der Waals surface area contributed by atoms with Crippen molar-refractivity contribution in [2.45, 2.75) is 25.8 Å². The molecule has 1 aromatic carbocycles. The molecule has 4 nitrogen and oxygen atoms in total. The number of thiazole rings is 1. The molecule has 0 fully saturated rings. The van der Waals surface area contributed by atoms with Crippen LogP contribution in [0.5, 0.6) is 11.5 Å². The maximum absolute atomic E-state index is 5.38. The summed E-state index contributed by atoms with van der Waals surface area (Å²) in [5.41, 5.74) is 2.25. The van der Waals surface area contributed by atoms with Gasteiger partial charge in [-0.2, -0.15) is 0 Å². The molecule has 5 heteroatoms. The standard InChI is InChI=1S/C16H22N2O2S/c1-10(2)12-9-21-16(18-12)15(17-3)11-6-7-13(19-4)14(8-11)20-5/h6-10,15,17H,1-5H3. The predicted octanol–water partition coefficient (Wildman–Crippen LogP) is 3.59. The van der Waals surface area contributed by atoms with Crippen LogP contribution in [0, 0.1) is 0 Å². The minimum absolute atomic E-state index is 0.0577. The lowest BCUT2D eigenvalue weighted by Crippen LogP contribution is -2.17. The highest BCUT2D eigenvalue weighted by Crippen LogP contribution is 2.33. The number of hydrogen-bond donors (Lipinski definition) is 1. The molecule has 21 heavy (non-hydrogen) atoms. The molecule has 1 unspecified atom stereocenters. The van der Waals surface area contributed by atoms with E-state index < -0.39 is 0 Å². The maximum Gasteiger partial charge on any atom is 0.161 e. The van der Waals surface area contributed by atoms with Gasteiger partial charge in [0.25, 0.3) is 0 Å². The van der Waals surface area contributed by atoms with Gasteiger partial charge < -0.3 is 14.8 Å². The lowest BCUT2D eigenvalue weighted by molar-refractivity contribution is 0.354. The Hall–Kier alpha value is -1.59. The molecule has 0 radical (unpaired) electrons. The zero-order valence-corrected chi connectivity index (χ0v) is 14.0. The Kier molecular flexibility index (Phi) is 5.20. The van der Waals surface area contributed by atoms with E-state index >= 15 is 0 Å². The molecular formula is C16H22N2O2S. The summed E-state index contributed by atoms with van der Waals surface area (Å²) < 4.78 is 10.7. The lowest BCUT2D eigenvalue weighted by Gasteiger charge is -2.16. The second kappa shape index (κ2) is 6.91. The first kappa shape index (κ1) is 15.8. The third kappa shape index (κ3) is 3.36. The van der Waals surface area contributed by atoms with Crippen molar-refractivity contribution in [3.8, 4) is 11.5 Å². The summed E-state index contributed by atoms with van der Waals surface area (Å²) in [6, 6.07) is 6.02. The summed E-state index contributed by atoms with van der Waals surface area (Å²) in [6.07, 6.45) is 0. The Balaban J connectivity index is 2.36. The Morgan fingerprint density at radius 2 is 1.86 bits per heavy atom. The van der Waals surface area contributed by atoms with Crippen molar-refractivity contribution in [2.75, 3.05) is 21.3 Å². The fourth-order valence-corrected chi connectivity index (χ4v) is 3.28. The highest BCUT2D eigenvalue weighted by Gasteiger charge is 2.18. The maximum atomic E-state index is 5.38. The van der Waals surface area contributed by atoms with Crippen LogP contribution in [-0.4, -0.2) is 26.3 Å². The van der Waals surface area contributed by atoms with Gasteiger partial charge in [-0.1, -0.05) is 19.9 Å². The van der Waals surface area contributed by atoms with E-state index in [1.807, 2.05) is 25.2 Å². The Bertz CT molecular complexity index is 596. The summed E-state index contributed by atoms with van der Waals surface area (Å²) >= 11 is 1.68. The van der Waals surface area contributed by atoms with Crippen LogP contribution in [0.1, 0.15) is 42.1 Å². The largest absolute Gasteiger partial charge is 0.493 e. The van der Waals surface area contributed by atoms with Gasteiger partial charge in [-0.05, 0) is 30.7 Å². The monoisotopic (exact) mass is 306 g/mol. The van der Waals surface area contributed by atoms with E-state index in [1.54, 1.807) is 25.6 Å². The first-order valence-electron chi connectivity index (χ1n) is 6.95. The number of benzene rings is 1. The zero-order chi connectivity index (χ0) is 15.4. The van der Waals surface area contributed by atoms with Crippen LogP contribution < -0.4 is 14.8 Å². The second-order valence-corrected chi connectivity index (χ2v) is 5.99. The molecule has 2 aromatic rings. The van der Waals surface area contributed by atoms with E-state index in [4.69, 9.17) is 14.5 Å². The van der Waals surface area contributed by atoms with Gasteiger partial charge in [0.1, 0.15) is 5.01 Å². The number of aromatic nitrogens is 1. The highest BCUT2D eigenvalue weighted by molar-refractivity contribution is 7.09. The van der Waals surface area contributed by atoms with Gasteiger partial charge in [-0.25, -0.2) is 4.98 Å². The van der Waals surface area contributed by atoms with E-state index in [9.17, 15) is 0 Å². The van der Waals surface area contributed by atoms with Crippen molar-refractivity contribution in [2.24, 2.45) is 0 Å². The minimum Gasteiger partial charge on any atom is -0.493 e. The van der Waals surface area contributed by atoms with Gasteiger partial charge in [-0.3, -0.25) is 0 Å². The normalized spacial score (nSPS) is 12.5. The fourth-order valence-electron chi connectivity index (χ4n) is 2.16. The van der Waals surface area contributed by atoms with Crippen LogP contribution in [-0.2, 0) is 0 Å². The highest BCUT2D eigenvalue weighted by atomic mass is 32.1. The Morgan fingerprint density at radius 3 is 2.38 bits per heavy atom. The molecule has 0 amide bonds. The van der Waals surface area contributed by atoms with Gasteiger partial charge in [0, 0.05) is 5.38 Å². The molecule has 1 aromatic heterocycles. The number of ether oxygens (including phenoxy) is 2. The van der Waals surface area contributed by atoms with Crippen molar-refractivity contribution < 1.29 is 9.47 Å². The molecule has 1 heterocycles. The fraction of sp³-hybridized carbons (Fsp3) is 0.438. The molecule has 0 aliphatic rings. The lowest BCUT2D eigenvalue weighted by atomic mass is 10.1. The molecule has 0 saturated carbocycles. The van der Waals surface area contributed by atoms with Crippen molar-refractivity contribution in [3.05, 3.63) is 39.8 Å². The van der Waals surface area contributed by atoms with Gasteiger partial charge >= 0.3 is 0 Å². The van der Waals surface area contributed by atoms with Crippen molar-refractivity contribution in [1.29, 1.82) is 0 Å². The van der Waals surface area contributed by atoms with Gasteiger partial charge in [0.2, 0.25) is 0 Å². The molecule has 0 saturated heterocycles. The molecule has 1 N–H and O–H groups in total. The summed E-state index contributed by atoms with van der Waals surface area (Å²) in [4.78, 5) is 4.74. The average Bonchev–Trinajstić information content (AvgIpc) is 2.97. The third-order valence-electron chi connectivity index (χ3n) is 3.41. The first-order valence-corrected chi connectivity index (χ1v) is 7.83. The topological polar surface area (TPSA) is 43.4 Å². The Morgan fingerprint density at radius 1 is 1.14 bits per heavy atom. The van der Waals surface area contributed by atoms with Crippen LogP contribution in [0.3, 0.4) is 0 Å². The van der Waals surface area contributed by atoms with E-state index in [0.29, 0.717) is 5.92 Å².